The Balaban J connectivity index is 1.98. The van der Waals surface area contributed by atoms with E-state index in [4.69, 9.17) is 0 Å². The van der Waals surface area contributed by atoms with Gasteiger partial charge in [-0.05, 0) is 5.56 Å². The Bertz CT molecular complexity index is 895. The summed E-state index contributed by atoms with van der Waals surface area (Å²) in [5.74, 6) is -1.31. The molecule has 1 heterocycles. The van der Waals surface area contributed by atoms with E-state index in [2.05, 4.69) is 10.2 Å². The lowest BCUT2D eigenvalue weighted by Gasteiger charge is -2.16. The van der Waals surface area contributed by atoms with Gasteiger partial charge in [-0.3, -0.25) is 4.79 Å². The van der Waals surface area contributed by atoms with Crippen LogP contribution in [0.2, 0.25) is 0 Å². The number of hydrogen-bond donors (Lipinski definition) is 0. The molecule has 0 amide bonds. The van der Waals surface area contributed by atoms with Gasteiger partial charge < -0.3 is 4.57 Å². The molecule has 2 aromatic carbocycles. The number of Topliss-reactive ketones (excluding diaryl/α,β-unsaturated/α-hetero) is 1. The zero-order chi connectivity index (χ0) is 18.7. The predicted molar refractivity (Wildman–Crippen MR) is 91.8 cm³/mol. The van der Waals surface area contributed by atoms with Crippen molar-refractivity contribution in [3.8, 4) is 0 Å². The summed E-state index contributed by atoms with van der Waals surface area (Å²) in [6.45, 7) is 0. The maximum atomic E-state index is 13.0. The third-order valence-electron chi connectivity index (χ3n) is 3.71. The number of aromatic nitrogens is 3. The van der Waals surface area contributed by atoms with E-state index < -0.39 is 17.3 Å². The van der Waals surface area contributed by atoms with Crippen LogP contribution in [-0.4, -0.2) is 20.5 Å². The van der Waals surface area contributed by atoms with Crippen LogP contribution in [0.1, 0.15) is 27.0 Å². The highest BCUT2D eigenvalue weighted by Gasteiger charge is 2.38. The van der Waals surface area contributed by atoms with Gasteiger partial charge in [0, 0.05) is 12.6 Å². The number of benzene rings is 2. The number of thioether (sulfide) groups is 1. The summed E-state index contributed by atoms with van der Waals surface area (Å²) in [6.07, 6.45) is -4.60. The molecule has 0 aliphatic heterocycles. The van der Waals surface area contributed by atoms with Crippen molar-refractivity contribution >= 4 is 17.5 Å². The summed E-state index contributed by atoms with van der Waals surface area (Å²) in [4.78, 5) is 13.0. The van der Waals surface area contributed by atoms with Crippen LogP contribution in [0.25, 0.3) is 0 Å². The second kappa shape index (κ2) is 7.33. The molecule has 0 bridgehead atoms. The van der Waals surface area contributed by atoms with Gasteiger partial charge in [0.2, 0.25) is 5.82 Å². The normalized spacial score (nSPS) is 12.8. The molecule has 3 aromatic rings. The fourth-order valence-electron chi connectivity index (χ4n) is 2.42. The van der Waals surface area contributed by atoms with Crippen molar-refractivity contribution in [3.63, 3.8) is 0 Å². The number of alkyl halides is 3. The molecule has 0 unspecified atom stereocenters. The van der Waals surface area contributed by atoms with E-state index in [1.165, 1.54) is 7.05 Å². The minimum Gasteiger partial charge on any atom is -0.302 e. The quantitative estimate of drug-likeness (QED) is 0.483. The van der Waals surface area contributed by atoms with Gasteiger partial charge in [0.25, 0.3) is 0 Å². The van der Waals surface area contributed by atoms with Crippen molar-refractivity contribution in [1.29, 1.82) is 0 Å². The summed E-state index contributed by atoms with van der Waals surface area (Å²) < 4.78 is 39.7. The first-order valence-corrected chi connectivity index (χ1v) is 8.53. The highest BCUT2D eigenvalue weighted by atomic mass is 32.2. The Labute approximate surface area is 152 Å². The molecule has 1 aromatic heterocycles. The molecule has 134 valence electrons. The number of carbonyl (C=O) groups is 1. The molecule has 0 spiro atoms. The number of hydrogen-bond acceptors (Lipinski definition) is 4. The maximum Gasteiger partial charge on any atom is 0.451 e. The molecule has 0 aliphatic rings. The maximum absolute atomic E-state index is 13.0. The zero-order valence-electron chi connectivity index (χ0n) is 13.6. The third-order valence-corrected chi connectivity index (χ3v) is 5.00. The van der Waals surface area contributed by atoms with Crippen molar-refractivity contribution in [2.45, 2.75) is 16.6 Å². The van der Waals surface area contributed by atoms with Crippen molar-refractivity contribution < 1.29 is 18.0 Å². The molecule has 4 nitrogen and oxygen atoms in total. The zero-order valence-corrected chi connectivity index (χ0v) is 14.5. The van der Waals surface area contributed by atoms with E-state index in [9.17, 15) is 18.0 Å². The monoisotopic (exact) mass is 377 g/mol. The average Bonchev–Trinajstić information content (AvgIpc) is 3.01. The van der Waals surface area contributed by atoms with E-state index in [-0.39, 0.29) is 10.9 Å². The van der Waals surface area contributed by atoms with E-state index in [0.717, 1.165) is 16.3 Å². The SMILES string of the molecule is Cn1c(S[C@H](C(=O)c2ccccc2)c2ccccc2)nnc1C(F)(F)F. The van der Waals surface area contributed by atoms with Crippen molar-refractivity contribution in [3.05, 3.63) is 77.6 Å². The molecule has 1 atom stereocenters. The molecule has 0 saturated carbocycles. The highest BCUT2D eigenvalue weighted by Crippen LogP contribution is 2.38. The molecule has 0 N–H and O–H groups in total. The van der Waals surface area contributed by atoms with E-state index in [0.29, 0.717) is 11.1 Å². The van der Waals surface area contributed by atoms with Crippen LogP contribution in [0.15, 0.2) is 65.8 Å². The van der Waals surface area contributed by atoms with Gasteiger partial charge in [-0.2, -0.15) is 13.2 Å². The Morgan fingerprint density at radius 3 is 2.12 bits per heavy atom. The minimum absolute atomic E-state index is 0.0236. The molecule has 26 heavy (non-hydrogen) atoms. The van der Waals surface area contributed by atoms with Crippen LogP contribution >= 0.6 is 11.8 Å². The molecule has 0 radical (unpaired) electrons. The lowest BCUT2D eigenvalue weighted by Crippen LogP contribution is -2.14. The second-order valence-electron chi connectivity index (χ2n) is 5.50. The van der Waals surface area contributed by atoms with Crippen LogP contribution in [0.5, 0.6) is 0 Å². The second-order valence-corrected chi connectivity index (χ2v) is 6.57. The highest BCUT2D eigenvalue weighted by molar-refractivity contribution is 8.00. The number of halogens is 3. The van der Waals surface area contributed by atoms with Gasteiger partial charge in [-0.25, -0.2) is 0 Å². The Hall–Kier alpha value is -2.61. The first kappa shape index (κ1) is 18.2. The van der Waals surface area contributed by atoms with E-state index >= 15 is 0 Å². The summed E-state index contributed by atoms with van der Waals surface area (Å²) >= 11 is 0.948. The largest absolute Gasteiger partial charge is 0.451 e. The molecule has 3 rings (SSSR count). The molecular weight excluding hydrogens is 363 g/mol. The van der Waals surface area contributed by atoms with Gasteiger partial charge in [0.15, 0.2) is 10.9 Å². The van der Waals surface area contributed by atoms with Gasteiger partial charge in [0.1, 0.15) is 5.25 Å². The summed E-state index contributed by atoms with van der Waals surface area (Å²) in [7, 11) is 1.24. The Morgan fingerprint density at radius 2 is 1.58 bits per heavy atom. The summed E-state index contributed by atoms with van der Waals surface area (Å²) in [5.41, 5.74) is 1.16. The van der Waals surface area contributed by atoms with Crippen molar-refractivity contribution in [1.82, 2.24) is 14.8 Å². The predicted octanol–water partition coefficient (Wildman–Crippen LogP) is 4.55. The molecular formula is C18H14F3N3OS. The molecule has 0 fully saturated rings. The number of rotatable bonds is 5. The first-order valence-electron chi connectivity index (χ1n) is 7.65. The average molecular weight is 377 g/mol. The van der Waals surface area contributed by atoms with Gasteiger partial charge in [-0.15, -0.1) is 10.2 Å². The van der Waals surface area contributed by atoms with Gasteiger partial charge in [-0.1, -0.05) is 72.4 Å². The molecule has 8 heteroatoms. The van der Waals surface area contributed by atoms with Gasteiger partial charge >= 0.3 is 6.18 Å². The van der Waals surface area contributed by atoms with Gasteiger partial charge in [0.05, 0.1) is 0 Å². The lowest BCUT2D eigenvalue weighted by molar-refractivity contribution is -0.147. The number of nitrogens with zero attached hydrogens (tertiary/aromatic N) is 3. The van der Waals surface area contributed by atoms with Crippen molar-refractivity contribution in [2.24, 2.45) is 7.05 Å². The Kier molecular flexibility index (Phi) is 5.13. The van der Waals surface area contributed by atoms with Crippen LogP contribution in [-0.2, 0) is 13.2 Å². The smallest absolute Gasteiger partial charge is 0.302 e. The summed E-state index contributed by atoms with van der Waals surface area (Å²) in [6, 6.07) is 17.5. The van der Waals surface area contributed by atoms with Crippen LogP contribution in [0.3, 0.4) is 0 Å². The first-order chi connectivity index (χ1) is 12.4. The fraction of sp³-hybridized carbons (Fsp3) is 0.167. The topological polar surface area (TPSA) is 47.8 Å². The minimum atomic E-state index is -4.60. The lowest BCUT2D eigenvalue weighted by atomic mass is 10.0. The van der Waals surface area contributed by atoms with Crippen molar-refractivity contribution in [2.75, 3.05) is 0 Å². The number of ketones is 1. The Morgan fingerprint density at radius 1 is 1.00 bits per heavy atom. The van der Waals surface area contributed by atoms with Crippen LogP contribution < -0.4 is 0 Å². The van der Waals surface area contributed by atoms with Crippen LogP contribution in [0.4, 0.5) is 13.2 Å². The summed E-state index contributed by atoms with van der Waals surface area (Å²) in [5, 5.41) is 6.14. The fourth-order valence-corrected chi connectivity index (χ4v) is 3.50. The molecule has 0 saturated heterocycles. The van der Waals surface area contributed by atoms with E-state index in [1.807, 2.05) is 6.07 Å². The van der Waals surface area contributed by atoms with E-state index in [1.54, 1.807) is 54.6 Å². The molecule has 0 aliphatic carbocycles. The van der Waals surface area contributed by atoms with Crippen LogP contribution in [0, 0.1) is 0 Å². The standard InChI is InChI=1S/C18H14F3N3OS/c1-24-16(18(19,20)21)22-23-17(24)26-15(13-10-6-3-7-11-13)14(25)12-8-4-2-5-9-12/h2-11,15H,1H3/t15-/m0/s1. The number of carbonyl (C=O) groups excluding carboxylic acids is 1. The third kappa shape index (κ3) is 3.80.